The fourth-order valence-electron chi connectivity index (χ4n) is 5.18. The molecule has 0 N–H and O–H groups in total. The molecule has 1 aliphatic carbocycles. The van der Waals surface area contributed by atoms with Gasteiger partial charge in [0.15, 0.2) is 5.78 Å². The van der Waals surface area contributed by atoms with Crippen molar-refractivity contribution in [3.05, 3.63) is 104 Å². The van der Waals surface area contributed by atoms with Gasteiger partial charge in [-0.05, 0) is 73.5 Å². The number of non-ortho nitro benzene ring substituents is 1. The van der Waals surface area contributed by atoms with Gasteiger partial charge in [-0.1, -0.05) is 28.8 Å². The normalized spacial score (nSPS) is 17.9. The van der Waals surface area contributed by atoms with Crippen LogP contribution >= 0.6 is 15.9 Å². The molecule has 3 amide bonds. The Hall–Kier alpha value is -4.71. The monoisotopic (exact) mass is 633 g/mol. The van der Waals surface area contributed by atoms with Crippen molar-refractivity contribution in [3.63, 3.8) is 0 Å². The van der Waals surface area contributed by atoms with E-state index < -0.39 is 52.8 Å². The van der Waals surface area contributed by atoms with Crippen LogP contribution in [0.3, 0.4) is 0 Å². The number of carbonyl (C=O) groups is 5. The number of halogens is 1. The minimum Gasteiger partial charge on any atom is -0.423 e. The van der Waals surface area contributed by atoms with Gasteiger partial charge in [-0.2, -0.15) is 5.01 Å². The smallest absolute Gasteiger partial charge is 0.343 e. The summed E-state index contributed by atoms with van der Waals surface area (Å²) in [5, 5.41) is 12.7. The molecular weight excluding hydrogens is 610 g/mol. The fourth-order valence-corrected chi connectivity index (χ4v) is 5.44. The Labute approximate surface area is 248 Å². The number of imide groups is 1. The Balaban J connectivity index is 1.37. The maximum atomic E-state index is 13.6. The lowest BCUT2D eigenvalue weighted by Crippen LogP contribution is -2.52. The van der Waals surface area contributed by atoms with Crippen molar-refractivity contribution in [2.75, 3.05) is 6.54 Å². The summed E-state index contributed by atoms with van der Waals surface area (Å²) in [6, 6.07) is 17.0. The van der Waals surface area contributed by atoms with Crippen molar-refractivity contribution in [2.24, 2.45) is 11.8 Å². The van der Waals surface area contributed by atoms with Crippen LogP contribution in [0.15, 0.2) is 77.3 Å². The number of ketones is 1. The van der Waals surface area contributed by atoms with Crippen LogP contribution in [0.2, 0.25) is 0 Å². The molecule has 0 aromatic heterocycles. The minimum absolute atomic E-state index is 0.0286. The molecule has 5 rings (SSSR count). The van der Waals surface area contributed by atoms with Crippen LogP contribution < -0.4 is 4.74 Å². The number of Topliss-reactive ketones (excluding diaryl/α,β-unsaturated/α-hetero) is 1. The van der Waals surface area contributed by atoms with Crippen molar-refractivity contribution in [2.45, 2.75) is 25.7 Å². The highest BCUT2D eigenvalue weighted by Gasteiger charge is 2.51. The average Bonchev–Trinajstić information content (AvgIpc) is 3.25. The first-order chi connectivity index (χ1) is 20.1. The third kappa shape index (κ3) is 5.84. The molecule has 3 aromatic carbocycles. The van der Waals surface area contributed by atoms with Crippen LogP contribution in [-0.4, -0.2) is 51.0 Å². The van der Waals surface area contributed by atoms with Gasteiger partial charge in [-0.15, -0.1) is 0 Å². The first-order valence-corrected chi connectivity index (χ1v) is 14.0. The molecule has 2 atom stereocenters. The molecule has 42 heavy (non-hydrogen) atoms. The van der Waals surface area contributed by atoms with Crippen LogP contribution in [0.5, 0.6) is 5.75 Å². The second kappa shape index (κ2) is 12.0. The fraction of sp³-hybridized carbons (Fsp3) is 0.233. The zero-order valence-electron chi connectivity index (χ0n) is 22.1. The second-order valence-electron chi connectivity index (χ2n) is 10.00. The van der Waals surface area contributed by atoms with Gasteiger partial charge in [0, 0.05) is 27.7 Å². The lowest BCUT2D eigenvalue weighted by atomic mass is 9.81. The van der Waals surface area contributed by atoms with Crippen molar-refractivity contribution >= 4 is 51.1 Å². The van der Waals surface area contributed by atoms with Gasteiger partial charge >= 0.3 is 5.97 Å². The van der Waals surface area contributed by atoms with E-state index in [2.05, 4.69) is 15.9 Å². The molecule has 0 spiro atoms. The molecule has 0 unspecified atom stereocenters. The first kappa shape index (κ1) is 28.8. The highest BCUT2D eigenvalue weighted by molar-refractivity contribution is 9.10. The number of nitro benzene ring substituents is 1. The number of ether oxygens (including phenoxy) is 1. The molecule has 3 aromatic rings. The molecule has 1 saturated carbocycles. The molecule has 1 heterocycles. The van der Waals surface area contributed by atoms with E-state index in [1.54, 1.807) is 24.3 Å². The number of nitro groups is 1. The second-order valence-corrected chi connectivity index (χ2v) is 10.9. The highest BCUT2D eigenvalue weighted by atomic mass is 79.9. The van der Waals surface area contributed by atoms with E-state index in [0.717, 1.165) is 39.5 Å². The molecule has 1 aliphatic heterocycles. The third-order valence-electron chi connectivity index (χ3n) is 7.38. The molecule has 1 saturated heterocycles. The van der Waals surface area contributed by atoms with Crippen molar-refractivity contribution in [1.29, 1.82) is 0 Å². The molecule has 0 bridgehead atoms. The Kier molecular flexibility index (Phi) is 8.25. The van der Waals surface area contributed by atoms with Crippen LogP contribution in [0.1, 0.15) is 56.8 Å². The maximum absolute atomic E-state index is 13.6. The van der Waals surface area contributed by atoms with E-state index >= 15 is 0 Å². The van der Waals surface area contributed by atoms with E-state index in [1.807, 2.05) is 0 Å². The number of benzene rings is 3. The zero-order chi connectivity index (χ0) is 30.0. The van der Waals surface area contributed by atoms with E-state index in [0.29, 0.717) is 18.4 Å². The van der Waals surface area contributed by atoms with E-state index in [-0.39, 0.29) is 22.6 Å². The van der Waals surface area contributed by atoms with E-state index in [9.17, 15) is 34.1 Å². The number of rotatable bonds is 8. The number of carbonyl (C=O) groups excluding carboxylic acids is 5. The number of amides is 3. The Bertz CT molecular complexity index is 1550. The third-order valence-corrected chi connectivity index (χ3v) is 7.91. The van der Waals surface area contributed by atoms with E-state index in [1.165, 1.54) is 36.4 Å². The van der Waals surface area contributed by atoms with Gasteiger partial charge in [0.05, 0.1) is 22.3 Å². The van der Waals surface area contributed by atoms with Crippen LogP contribution in [0, 0.1) is 22.0 Å². The van der Waals surface area contributed by atoms with Gasteiger partial charge in [0.2, 0.25) is 0 Å². The summed E-state index contributed by atoms with van der Waals surface area (Å²) in [4.78, 5) is 76.5. The summed E-state index contributed by atoms with van der Waals surface area (Å²) in [6.45, 7) is -0.634. The Morgan fingerprint density at radius 2 is 1.36 bits per heavy atom. The molecule has 2 fully saturated rings. The van der Waals surface area contributed by atoms with E-state index in [4.69, 9.17) is 4.74 Å². The number of fused-ring (bicyclic) bond motifs is 1. The van der Waals surface area contributed by atoms with Crippen molar-refractivity contribution in [3.8, 4) is 5.75 Å². The topological polar surface area (TPSA) is 144 Å². The summed E-state index contributed by atoms with van der Waals surface area (Å²) < 4.78 is 6.17. The molecule has 11 nitrogen and oxygen atoms in total. The van der Waals surface area contributed by atoms with Gasteiger partial charge < -0.3 is 4.74 Å². The number of hydrogen-bond donors (Lipinski definition) is 0. The first-order valence-electron chi connectivity index (χ1n) is 13.2. The summed E-state index contributed by atoms with van der Waals surface area (Å²) in [6.07, 6.45) is 2.59. The Morgan fingerprint density at radius 3 is 1.90 bits per heavy atom. The van der Waals surface area contributed by atoms with Gasteiger partial charge in [-0.3, -0.25) is 29.3 Å². The summed E-state index contributed by atoms with van der Waals surface area (Å²) >= 11 is 3.30. The molecular formula is C30H24BrN3O8. The average molecular weight is 634 g/mol. The SMILES string of the molecule is O=C(CN(C(=O)c1ccc([N+](=O)[O-])cc1)N1C(=O)[C@H]2CCCC[C@@H]2C1=O)c1ccc(OC(=O)c2ccc(Br)cc2)cc1. The molecule has 214 valence electrons. The van der Waals surface area contributed by atoms with Crippen LogP contribution in [0.4, 0.5) is 5.69 Å². The lowest BCUT2D eigenvalue weighted by molar-refractivity contribution is -0.384. The molecule has 2 aliphatic rings. The van der Waals surface area contributed by atoms with Crippen LogP contribution in [-0.2, 0) is 9.59 Å². The predicted octanol–water partition coefficient (Wildman–Crippen LogP) is 4.99. The van der Waals surface area contributed by atoms with Gasteiger partial charge in [0.1, 0.15) is 12.3 Å². The van der Waals surface area contributed by atoms with Gasteiger partial charge in [-0.25, -0.2) is 9.80 Å². The summed E-state index contributed by atoms with van der Waals surface area (Å²) in [7, 11) is 0. The minimum atomic E-state index is -0.821. The molecule has 0 radical (unpaired) electrons. The Morgan fingerprint density at radius 1 is 0.833 bits per heavy atom. The number of esters is 1. The standard InChI is InChI=1S/C30H24BrN3O8/c31-21-11-5-20(6-12-21)30(39)42-23-15-9-18(10-16-23)26(35)17-32(27(36)19-7-13-22(14-8-19)34(40)41)33-28(37)24-3-1-2-4-25(24)29(33)38/h5-16,24-25H,1-4,17H2/t24-,25-/m0/s1. The largest absolute Gasteiger partial charge is 0.423 e. The number of nitrogens with zero attached hydrogens (tertiary/aromatic N) is 3. The number of hydrazine groups is 1. The van der Waals surface area contributed by atoms with Crippen LogP contribution in [0.25, 0.3) is 0 Å². The summed E-state index contributed by atoms with van der Waals surface area (Å²) in [5.74, 6) is -4.00. The predicted molar refractivity (Wildman–Crippen MR) is 151 cm³/mol. The number of hydrogen-bond acceptors (Lipinski definition) is 8. The van der Waals surface area contributed by atoms with Gasteiger partial charge in [0.25, 0.3) is 23.4 Å². The lowest BCUT2D eigenvalue weighted by Gasteiger charge is -2.30. The maximum Gasteiger partial charge on any atom is 0.343 e. The van der Waals surface area contributed by atoms with Crippen molar-refractivity contribution in [1.82, 2.24) is 10.0 Å². The quantitative estimate of drug-likeness (QED) is 0.0842. The molecule has 12 heteroatoms. The van der Waals surface area contributed by atoms with Crippen molar-refractivity contribution < 1.29 is 33.6 Å². The zero-order valence-corrected chi connectivity index (χ0v) is 23.7. The highest BCUT2D eigenvalue weighted by Crippen LogP contribution is 2.39. The summed E-state index contributed by atoms with van der Waals surface area (Å²) in [5.41, 5.74) is 0.212.